The normalized spacial score (nSPS) is 14.5. The molecule has 0 spiro atoms. The van der Waals surface area contributed by atoms with Crippen LogP contribution in [0.15, 0.2) is 170 Å². The molecule has 0 aliphatic rings. The van der Waals surface area contributed by atoms with E-state index >= 15 is 0 Å². The summed E-state index contributed by atoms with van der Waals surface area (Å²) in [7, 11) is 1.11. The van der Waals surface area contributed by atoms with Crippen molar-refractivity contribution in [1.82, 2.24) is 0 Å². The second kappa shape index (κ2) is 57.1. The number of rotatable bonds is 52. The maximum absolute atomic E-state index is 12.8. The lowest BCUT2D eigenvalue weighted by molar-refractivity contribution is -0.870. The highest BCUT2D eigenvalue weighted by molar-refractivity contribution is 7.45. The van der Waals surface area contributed by atoms with E-state index < -0.39 is 32.5 Å². The van der Waals surface area contributed by atoms with Crippen LogP contribution in [0.1, 0.15) is 194 Å². The molecule has 2 unspecified atom stereocenters. The Balaban J connectivity index is 4.28. The summed E-state index contributed by atoms with van der Waals surface area (Å²) < 4.78 is 34.1. The molecular formula is C68H108NO8P. The number of unbranched alkanes of at least 4 members (excludes halogenated alkanes) is 10. The molecule has 0 aromatic rings. The number of phosphoric ester groups is 1. The summed E-state index contributed by atoms with van der Waals surface area (Å²) in [6, 6.07) is 0. The van der Waals surface area contributed by atoms with Crippen molar-refractivity contribution >= 4 is 19.8 Å². The minimum Gasteiger partial charge on any atom is -0.756 e. The lowest BCUT2D eigenvalue weighted by Crippen LogP contribution is -2.37. The van der Waals surface area contributed by atoms with E-state index in [0.717, 1.165) is 128 Å². The first kappa shape index (κ1) is 73.4. The van der Waals surface area contributed by atoms with Gasteiger partial charge in [-0.15, -0.1) is 0 Å². The number of carbonyl (C=O) groups is 2. The third kappa shape index (κ3) is 60.6. The fraction of sp³-hybridized carbons (Fsp3) is 0.559. The van der Waals surface area contributed by atoms with Gasteiger partial charge < -0.3 is 27.9 Å². The van der Waals surface area contributed by atoms with Gasteiger partial charge in [0.05, 0.1) is 27.7 Å². The van der Waals surface area contributed by atoms with Crippen LogP contribution in [0.3, 0.4) is 0 Å². The molecule has 0 fully saturated rings. The molecule has 78 heavy (non-hydrogen) atoms. The highest BCUT2D eigenvalue weighted by Crippen LogP contribution is 2.38. The molecule has 0 aromatic heterocycles. The summed E-state index contributed by atoms with van der Waals surface area (Å²) in [4.78, 5) is 37.9. The molecule has 0 rings (SSSR count). The van der Waals surface area contributed by atoms with E-state index in [1.165, 1.54) is 25.7 Å². The van der Waals surface area contributed by atoms with Gasteiger partial charge in [0.25, 0.3) is 7.82 Å². The number of likely N-dealkylation sites (N-methyl/N-ethyl adjacent to an activating group) is 1. The maximum Gasteiger partial charge on any atom is 0.306 e. The van der Waals surface area contributed by atoms with Gasteiger partial charge in [0.1, 0.15) is 19.8 Å². The van der Waals surface area contributed by atoms with Crippen molar-refractivity contribution in [3.63, 3.8) is 0 Å². The van der Waals surface area contributed by atoms with E-state index in [2.05, 4.69) is 184 Å². The Bertz CT molecular complexity index is 1920. The van der Waals surface area contributed by atoms with E-state index in [0.29, 0.717) is 23.9 Å². The van der Waals surface area contributed by atoms with Crippen LogP contribution in [0.5, 0.6) is 0 Å². The van der Waals surface area contributed by atoms with Crippen LogP contribution in [-0.4, -0.2) is 70.0 Å². The van der Waals surface area contributed by atoms with Gasteiger partial charge in [-0.25, -0.2) is 0 Å². The van der Waals surface area contributed by atoms with Crippen molar-refractivity contribution in [3.8, 4) is 0 Å². The van der Waals surface area contributed by atoms with Gasteiger partial charge in [0, 0.05) is 12.8 Å². The van der Waals surface area contributed by atoms with E-state index in [4.69, 9.17) is 18.5 Å². The molecule has 0 saturated carbocycles. The molecule has 0 aromatic carbocycles. The minimum atomic E-state index is -4.66. The van der Waals surface area contributed by atoms with Crippen LogP contribution in [0.25, 0.3) is 0 Å². The average molecular weight is 1100 g/mol. The zero-order chi connectivity index (χ0) is 57.0. The Morgan fingerprint density at radius 2 is 0.692 bits per heavy atom. The summed E-state index contributed by atoms with van der Waals surface area (Å²) in [5, 5.41) is 0. The second-order valence-electron chi connectivity index (χ2n) is 20.2. The second-order valence-corrected chi connectivity index (χ2v) is 21.7. The first-order chi connectivity index (χ1) is 38.0. The number of ether oxygens (including phenoxy) is 2. The van der Waals surface area contributed by atoms with Crippen molar-refractivity contribution in [3.05, 3.63) is 170 Å². The molecule has 0 aliphatic heterocycles. The van der Waals surface area contributed by atoms with E-state index in [1.54, 1.807) is 0 Å². The molecule has 438 valence electrons. The van der Waals surface area contributed by atoms with Crippen LogP contribution in [0.4, 0.5) is 0 Å². The van der Waals surface area contributed by atoms with E-state index in [-0.39, 0.29) is 26.1 Å². The minimum absolute atomic E-state index is 0.0502. The monoisotopic (exact) mass is 1100 g/mol. The quantitative estimate of drug-likeness (QED) is 0.0195. The summed E-state index contributed by atoms with van der Waals surface area (Å²) in [5.74, 6) is -0.910. The predicted molar refractivity (Wildman–Crippen MR) is 332 cm³/mol. The molecule has 2 atom stereocenters. The predicted octanol–water partition coefficient (Wildman–Crippen LogP) is 18.4. The first-order valence-corrected chi connectivity index (χ1v) is 31.3. The van der Waals surface area contributed by atoms with Crippen molar-refractivity contribution in [2.24, 2.45) is 0 Å². The highest BCUT2D eigenvalue weighted by atomic mass is 31.2. The molecule has 0 radical (unpaired) electrons. The van der Waals surface area contributed by atoms with Gasteiger partial charge in [-0.2, -0.15) is 0 Å². The smallest absolute Gasteiger partial charge is 0.306 e. The van der Waals surface area contributed by atoms with Crippen LogP contribution < -0.4 is 4.89 Å². The van der Waals surface area contributed by atoms with Crippen LogP contribution in [0, 0.1) is 0 Å². The number of allylic oxidation sites excluding steroid dienone is 28. The largest absolute Gasteiger partial charge is 0.756 e. The van der Waals surface area contributed by atoms with Crippen LogP contribution in [-0.2, 0) is 32.7 Å². The molecule has 0 bridgehead atoms. The van der Waals surface area contributed by atoms with Crippen molar-refractivity contribution < 1.29 is 42.1 Å². The zero-order valence-corrected chi connectivity index (χ0v) is 50.4. The van der Waals surface area contributed by atoms with Crippen molar-refractivity contribution in [1.29, 1.82) is 0 Å². The zero-order valence-electron chi connectivity index (χ0n) is 49.5. The number of hydrogen-bond donors (Lipinski definition) is 0. The Hall–Kier alpha value is -4.63. The molecule has 10 heteroatoms. The van der Waals surface area contributed by atoms with Crippen LogP contribution in [0.2, 0.25) is 0 Å². The van der Waals surface area contributed by atoms with E-state index in [9.17, 15) is 19.0 Å². The summed E-state index contributed by atoms with van der Waals surface area (Å²) in [6.07, 6.45) is 86.9. The molecule has 0 aliphatic carbocycles. The number of nitrogens with zero attached hydrogens (tertiary/aromatic N) is 1. The lowest BCUT2D eigenvalue weighted by atomic mass is 10.1. The van der Waals surface area contributed by atoms with Gasteiger partial charge in [0.15, 0.2) is 6.10 Å². The topological polar surface area (TPSA) is 111 Å². The van der Waals surface area contributed by atoms with Crippen LogP contribution >= 0.6 is 7.82 Å². The highest BCUT2D eigenvalue weighted by Gasteiger charge is 2.21. The van der Waals surface area contributed by atoms with Crippen molar-refractivity contribution in [2.75, 3.05) is 47.5 Å². The number of hydrogen-bond acceptors (Lipinski definition) is 8. The van der Waals surface area contributed by atoms with Crippen molar-refractivity contribution in [2.45, 2.75) is 200 Å². The molecule has 0 heterocycles. The number of esters is 2. The summed E-state index contributed by atoms with van der Waals surface area (Å²) >= 11 is 0. The summed E-state index contributed by atoms with van der Waals surface area (Å²) in [5.41, 5.74) is 0. The molecule has 0 saturated heterocycles. The number of phosphoric acid groups is 1. The van der Waals surface area contributed by atoms with E-state index in [1.807, 2.05) is 21.1 Å². The number of carbonyl (C=O) groups excluding carboxylic acids is 2. The first-order valence-electron chi connectivity index (χ1n) is 29.8. The lowest BCUT2D eigenvalue weighted by Gasteiger charge is -2.28. The molecule has 9 nitrogen and oxygen atoms in total. The summed E-state index contributed by atoms with van der Waals surface area (Å²) in [6.45, 7) is 3.92. The van der Waals surface area contributed by atoms with Gasteiger partial charge in [-0.1, -0.05) is 223 Å². The van der Waals surface area contributed by atoms with Gasteiger partial charge in [-0.3, -0.25) is 14.2 Å². The third-order valence-electron chi connectivity index (χ3n) is 11.7. The fourth-order valence-electron chi connectivity index (χ4n) is 7.20. The fourth-order valence-corrected chi connectivity index (χ4v) is 7.93. The molecule has 0 N–H and O–H groups in total. The number of quaternary nitrogens is 1. The van der Waals surface area contributed by atoms with Gasteiger partial charge >= 0.3 is 11.9 Å². The Kier molecular flexibility index (Phi) is 53.7. The standard InChI is InChI=1S/C68H108NO8P/c1-6-8-10-12-14-16-18-20-22-24-26-28-29-30-31-32-33-34-35-36-37-38-39-41-43-45-47-49-51-53-55-57-59-61-68(71)77-66(65-76-78(72,73)75-63-62-69(3,4)5)64-74-67(70)60-58-56-54-52-50-48-46-44-42-40-27-25-23-21-19-17-15-13-11-9-7-2/h8-11,14-17,20-23,26-28,30-31,33-34,36-37,39-41,44,46,50,52,66H,6-7,12-13,18-19,24-25,29,32,35,38,42-43,45,47-49,51,53-65H2,1-5H3/b10-8-,11-9-,16-14-,17-15-,22-20-,23-21-,28-26-,31-30-,34-33-,37-36-,40-27-,41-39-,46-44-,52-50-. The average Bonchev–Trinajstić information content (AvgIpc) is 3.41. The van der Waals surface area contributed by atoms with Gasteiger partial charge in [0.2, 0.25) is 0 Å². The van der Waals surface area contributed by atoms with Gasteiger partial charge in [-0.05, 0) is 128 Å². The Labute approximate surface area is 477 Å². The Morgan fingerprint density at radius 3 is 1.05 bits per heavy atom. The molecule has 0 amide bonds. The molecular weight excluding hydrogens is 990 g/mol. The maximum atomic E-state index is 12.8. The Morgan fingerprint density at radius 1 is 0.397 bits per heavy atom. The SMILES string of the molecule is CC/C=C\C/C=C\C/C=C\C/C=C\C/C=C\C/C=C\C/C=C\C/C=C\CCCCCCCCCCC(=O)OC(COC(=O)CCCC/C=C\C/C=C\C/C=C\C/C=C\C/C=C\C/C=C\CC)COP(=O)([O-])OCC[N+](C)(C)C. The third-order valence-corrected chi connectivity index (χ3v) is 12.7.